The molecule has 0 aliphatic carbocycles. The number of carbonyl (C=O) groups is 1. The zero-order valence-corrected chi connectivity index (χ0v) is 16.6. The molecule has 2 atom stereocenters. The Balaban J connectivity index is 1.30. The zero-order chi connectivity index (χ0) is 20.1. The van der Waals surface area contributed by atoms with E-state index >= 15 is 0 Å². The topological polar surface area (TPSA) is 71.4 Å². The molecule has 2 fully saturated rings. The summed E-state index contributed by atoms with van der Waals surface area (Å²) in [5.74, 6) is 0.191. The fraction of sp³-hybridized carbons (Fsp3) is 0.391. The number of amides is 1. The fourth-order valence-corrected chi connectivity index (χ4v) is 4.13. The predicted octanol–water partition coefficient (Wildman–Crippen LogP) is 2.20. The number of benzene rings is 2. The fourth-order valence-electron chi connectivity index (χ4n) is 4.13. The van der Waals surface area contributed by atoms with Gasteiger partial charge in [-0.15, -0.1) is 0 Å². The van der Waals surface area contributed by atoms with Gasteiger partial charge in [-0.05, 0) is 36.1 Å². The molecule has 4 rings (SSSR count). The first-order chi connectivity index (χ1) is 14.2. The van der Waals surface area contributed by atoms with Crippen LogP contribution in [0.1, 0.15) is 35.6 Å². The van der Waals surface area contributed by atoms with Crippen LogP contribution in [0.5, 0.6) is 0 Å². The molecule has 2 N–H and O–H groups in total. The summed E-state index contributed by atoms with van der Waals surface area (Å²) in [6.45, 7) is 4.26. The number of nitrogens with zero attached hydrogens (tertiary/aromatic N) is 3. The number of hydrogen-bond acceptors (Lipinski definition) is 5. The molecule has 2 unspecified atom stereocenters. The van der Waals surface area contributed by atoms with Crippen LogP contribution in [0, 0.1) is 11.3 Å². The first kappa shape index (κ1) is 19.6. The maximum atomic E-state index is 13.0. The lowest BCUT2D eigenvalue weighted by Gasteiger charge is -2.24. The van der Waals surface area contributed by atoms with Crippen molar-refractivity contribution in [3.63, 3.8) is 0 Å². The molecule has 0 bridgehead atoms. The van der Waals surface area contributed by atoms with Crippen molar-refractivity contribution in [2.24, 2.45) is 0 Å². The Hall–Kier alpha value is -2.72. The van der Waals surface area contributed by atoms with E-state index in [2.05, 4.69) is 34.0 Å². The minimum atomic E-state index is -0.176. The van der Waals surface area contributed by atoms with Crippen LogP contribution in [0.15, 0.2) is 54.6 Å². The first-order valence-electron chi connectivity index (χ1n) is 10.3. The lowest BCUT2D eigenvalue weighted by atomic mass is 10.0. The zero-order valence-electron chi connectivity index (χ0n) is 16.6. The van der Waals surface area contributed by atoms with Crippen molar-refractivity contribution in [1.29, 1.82) is 5.26 Å². The molecule has 6 heteroatoms. The third kappa shape index (κ3) is 4.83. The molecule has 29 heavy (non-hydrogen) atoms. The van der Waals surface area contributed by atoms with E-state index in [1.807, 2.05) is 47.4 Å². The molecule has 0 spiro atoms. The Morgan fingerprint density at radius 3 is 2.55 bits per heavy atom. The molecule has 2 aliphatic rings. The van der Waals surface area contributed by atoms with E-state index in [-0.39, 0.29) is 18.0 Å². The Labute approximate surface area is 172 Å². The van der Waals surface area contributed by atoms with Crippen LogP contribution in [-0.4, -0.2) is 47.9 Å². The van der Waals surface area contributed by atoms with Crippen molar-refractivity contribution in [2.45, 2.75) is 31.5 Å². The SMILES string of the molecule is N#Cc1ccc(CN2CCCN(C(=O)C3CC(c4ccccc4)NN3)CC2)cc1. The Morgan fingerprint density at radius 1 is 1.00 bits per heavy atom. The average molecular weight is 390 g/mol. The van der Waals surface area contributed by atoms with Crippen LogP contribution in [0.3, 0.4) is 0 Å². The monoisotopic (exact) mass is 389 g/mol. The molecule has 6 nitrogen and oxygen atoms in total. The summed E-state index contributed by atoms with van der Waals surface area (Å²) in [6, 6.07) is 20.2. The van der Waals surface area contributed by atoms with Gasteiger partial charge >= 0.3 is 0 Å². The Kier molecular flexibility index (Phi) is 6.20. The van der Waals surface area contributed by atoms with Crippen molar-refractivity contribution < 1.29 is 4.79 Å². The molecule has 150 valence electrons. The second-order valence-electron chi connectivity index (χ2n) is 7.80. The summed E-state index contributed by atoms with van der Waals surface area (Å²) >= 11 is 0. The lowest BCUT2D eigenvalue weighted by molar-refractivity contribution is -0.133. The third-order valence-corrected chi connectivity index (χ3v) is 5.79. The third-order valence-electron chi connectivity index (χ3n) is 5.79. The summed E-state index contributed by atoms with van der Waals surface area (Å²) in [5.41, 5.74) is 9.58. The molecule has 1 amide bonds. The van der Waals surface area contributed by atoms with Crippen molar-refractivity contribution >= 4 is 5.91 Å². The smallest absolute Gasteiger partial charge is 0.241 e. The molecular formula is C23H27N5O. The van der Waals surface area contributed by atoms with Crippen molar-refractivity contribution in [1.82, 2.24) is 20.7 Å². The van der Waals surface area contributed by atoms with Gasteiger partial charge in [-0.3, -0.25) is 9.69 Å². The largest absolute Gasteiger partial charge is 0.340 e. The van der Waals surface area contributed by atoms with E-state index in [9.17, 15) is 4.79 Å². The van der Waals surface area contributed by atoms with Crippen LogP contribution < -0.4 is 10.9 Å². The highest BCUT2D eigenvalue weighted by molar-refractivity contribution is 5.82. The predicted molar refractivity (Wildman–Crippen MR) is 111 cm³/mol. The van der Waals surface area contributed by atoms with Crippen LogP contribution in [0.25, 0.3) is 0 Å². The van der Waals surface area contributed by atoms with Gasteiger partial charge < -0.3 is 4.90 Å². The van der Waals surface area contributed by atoms with E-state index < -0.39 is 0 Å². The molecule has 2 aliphatic heterocycles. The second-order valence-corrected chi connectivity index (χ2v) is 7.80. The second kappa shape index (κ2) is 9.19. The quantitative estimate of drug-likeness (QED) is 0.839. The number of nitriles is 1. The van der Waals surface area contributed by atoms with Crippen molar-refractivity contribution in [3.05, 3.63) is 71.3 Å². The molecule has 0 aromatic heterocycles. The van der Waals surface area contributed by atoms with Crippen LogP contribution in [-0.2, 0) is 11.3 Å². The van der Waals surface area contributed by atoms with Crippen molar-refractivity contribution in [3.8, 4) is 6.07 Å². The Morgan fingerprint density at radius 2 is 1.79 bits per heavy atom. The molecule has 2 saturated heterocycles. The van der Waals surface area contributed by atoms with Crippen LogP contribution in [0.2, 0.25) is 0 Å². The summed E-state index contributed by atoms with van der Waals surface area (Å²) in [5, 5.41) is 8.93. The van der Waals surface area contributed by atoms with Gasteiger partial charge in [0.25, 0.3) is 0 Å². The van der Waals surface area contributed by atoms with E-state index in [4.69, 9.17) is 5.26 Å². The van der Waals surface area contributed by atoms with E-state index in [1.165, 1.54) is 11.1 Å². The van der Waals surface area contributed by atoms with Gasteiger partial charge in [0, 0.05) is 38.8 Å². The number of hydrazine groups is 1. The highest BCUT2D eigenvalue weighted by Crippen LogP contribution is 2.23. The Bertz CT molecular complexity index is 861. The van der Waals surface area contributed by atoms with Crippen LogP contribution in [0.4, 0.5) is 0 Å². The van der Waals surface area contributed by atoms with Crippen LogP contribution >= 0.6 is 0 Å². The molecule has 0 saturated carbocycles. The van der Waals surface area contributed by atoms with Gasteiger partial charge in [0.15, 0.2) is 0 Å². The molecule has 0 radical (unpaired) electrons. The average Bonchev–Trinajstić information content (AvgIpc) is 3.15. The summed E-state index contributed by atoms with van der Waals surface area (Å²) in [4.78, 5) is 17.4. The molecular weight excluding hydrogens is 362 g/mol. The number of rotatable bonds is 4. The van der Waals surface area contributed by atoms with E-state index in [0.717, 1.165) is 45.6 Å². The minimum absolute atomic E-state index is 0.171. The number of hydrogen-bond donors (Lipinski definition) is 2. The molecule has 2 aromatic rings. The first-order valence-corrected chi connectivity index (χ1v) is 10.3. The highest BCUT2D eigenvalue weighted by atomic mass is 16.2. The summed E-state index contributed by atoms with van der Waals surface area (Å²) in [6.07, 6.45) is 1.75. The highest BCUT2D eigenvalue weighted by Gasteiger charge is 2.33. The standard InChI is InChI=1S/C23H27N5O/c24-16-18-7-9-19(10-8-18)17-27-11-4-12-28(14-13-27)23(29)22-15-21(25-26-22)20-5-2-1-3-6-20/h1-3,5-10,21-22,25-26H,4,11-15,17H2. The molecule has 2 heterocycles. The van der Waals surface area contributed by atoms with Gasteiger partial charge in [-0.1, -0.05) is 42.5 Å². The maximum absolute atomic E-state index is 13.0. The van der Waals surface area contributed by atoms with Gasteiger partial charge in [-0.2, -0.15) is 5.26 Å². The minimum Gasteiger partial charge on any atom is -0.340 e. The summed E-state index contributed by atoms with van der Waals surface area (Å²) in [7, 11) is 0. The van der Waals surface area contributed by atoms with Gasteiger partial charge in [-0.25, -0.2) is 10.9 Å². The van der Waals surface area contributed by atoms with E-state index in [0.29, 0.717) is 5.56 Å². The van der Waals surface area contributed by atoms with Gasteiger partial charge in [0.05, 0.1) is 11.6 Å². The lowest BCUT2D eigenvalue weighted by Crippen LogP contribution is -2.46. The van der Waals surface area contributed by atoms with E-state index in [1.54, 1.807) is 0 Å². The van der Waals surface area contributed by atoms with Gasteiger partial charge in [0.2, 0.25) is 5.91 Å². The van der Waals surface area contributed by atoms with Gasteiger partial charge in [0.1, 0.15) is 6.04 Å². The molecule has 2 aromatic carbocycles. The maximum Gasteiger partial charge on any atom is 0.241 e. The summed E-state index contributed by atoms with van der Waals surface area (Å²) < 4.78 is 0. The number of nitrogens with one attached hydrogen (secondary N) is 2. The van der Waals surface area contributed by atoms with Crippen molar-refractivity contribution in [2.75, 3.05) is 26.2 Å². The normalized spacial score (nSPS) is 22.8. The number of carbonyl (C=O) groups excluding carboxylic acids is 1.